The molecule has 0 aliphatic heterocycles. The van der Waals surface area contributed by atoms with Crippen LogP contribution in [0.25, 0.3) is 0 Å². The maximum atomic E-state index is 5.96. The highest BCUT2D eigenvalue weighted by Crippen LogP contribution is 2.30. The van der Waals surface area contributed by atoms with E-state index in [-0.39, 0.29) is 6.79 Å². The molecule has 0 aliphatic carbocycles. The number of hydrogen-bond acceptors (Lipinski definition) is 3. The standard InChI is InChI=1S/C29H30NO2P/c1-22-12-11-19-27(28(22)32-21-31-3)33-29-23(2)13-10-14-24(29)20-30(25-15-6-4-7-16-25)26-17-8-5-9-18-26/h4-19,33H,20-21H2,1-3H3. The van der Waals surface area contributed by atoms with E-state index in [9.17, 15) is 0 Å². The molecule has 4 aromatic rings. The number of aryl methyl sites for hydroxylation is 2. The summed E-state index contributed by atoms with van der Waals surface area (Å²) in [5.41, 5.74) is 6.10. The third-order valence-electron chi connectivity index (χ3n) is 5.62. The van der Waals surface area contributed by atoms with E-state index in [2.05, 4.69) is 116 Å². The van der Waals surface area contributed by atoms with Crippen LogP contribution in [-0.4, -0.2) is 13.9 Å². The maximum absolute atomic E-state index is 5.96. The van der Waals surface area contributed by atoms with Gasteiger partial charge in [0.25, 0.3) is 0 Å². The fourth-order valence-electron chi connectivity index (χ4n) is 3.95. The third kappa shape index (κ3) is 5.63. The molecule has 4 heteroatoms. The highest BCUT2D eigenvalue weighted by Gasteiger charge is 2.16. The zero-order valence-corrected chi connectivity index (χ0v) is 20.4. The van der Waals surface area contributed by atoms with Gasteiger partial charge in [-0.25, -0.2) is 0 Å². The molecular weight excluding hydrogens is 425 g/mol. The van der Waals surface area contributed by atoms with Crippen LogP contribution in [0.2, 0.25) is 0 Å². The summed E-state index contributed by atoms with van der Waals surface area (Å²) in [6, 6.07) is 34.1. The van der Waals surface area contributed by atoms with Gasteiger partial charge in [-0.1, -0.05) is 81.4 Å². The van der Waals surface area contributed by atoms with Crippen molar-refractivity contribution in [3.8, 4) is 5.75 Å². The fourth-order valence-corrected chi connectivity index (χ4v) is 5.39. The highest BCUT2D eigenvalue weighted by molar-refractivity contribution is 7.56. The normalized spacial score (nSPS) is 11.1. The molecule has 4 rings (SSSR count). The Morgan fingerprint density at radius 1 is 0.697 bits per heavy atom. The first-order valence-electron chi connectivity index (χ1n) is 11.1. The lowest BCUT2D eigenvalue weighted by Gasteiger charge is -2.27. The van der Waals surface area contributed by atoms with Gasteiger partial charge in [-0.05, 0) is 60.1 Å². The van der Waals surface area contributed by atoms with Crippen molar-refractivity contribution in [3.05, 3.63) is 114 Å². The molecule has 0 saturated heterocycles. The summed E-state index contributed by atoms with van der Waals surface area (Å²) in [6.45, 7) is 5.33. The van der Waals surface area contributed by atoms with Crippen LogP contribution in [0.15, 0.2) is 97.1 Å². The molecular formula is C29H30NO2P. The predicted molar refractivity (Wildman–Crippen MR) is 141 cm³/mol. The lowest BCUT2D eigenvalue weighted by atomic mass is 10.1. The van der Waals surface area contributed by atoms with Gasteiger partial charge in [0.15, 0.2) is 6.79 Å². The predicted octanol–water partition coefficient (Wildman–Crippen LogP) is 6.25. The Morgan fingerprint density at radius 3 is 1.94 bits per heavy atom. The van der Waals surface area contributed by atoms with E-state index in [0.29, 0.717) is 8.58 Å². The van der Waals surface area contributed by atoms with Gasteiger partial charge >= 0.3 is 0 Å². The summed E-state index contributed by atoms with van der Waals surface area (Å²) in [5, 5.41) is 2.57. The largest absolute Gasteiger partial charge is 0.467 e. The van der Waals surface area contributed by atoms with Crippen molar-refractivity contribution in [1.82, 2.24) is 0 Å². The molecule has 0 saturated carbocycles. The van der Waals surface area contributed by atoms with Crippen LogP contribution >= 0.6 is 8.58 Å². The highest BCUT2D eigenvalue weighted by atomic mass is 31.1. The molecule has 1 atom stereocenters. The Labute approximate surface area is 198 Å². The zero-order valence-electron chi connectivity index (χ0n) is 19.4. The maximum Gasteiger partial charge on any atom is 0.188 e. The van der Waals surface area contributed by atoms with Gasteiger partial charge in [0, 0.05) is 30.3 Å². The molecule has 0 bridgehead atoms. The number of ether oxygens (including phenoxy) is 2. The van der Waals surface area contributed by atoms with Gasteiger partial charge in [0.1, 0.15) is 5.75 Å². The number of benzene rings is 4. The lowest BCUT2D eigenvalue weighted by Crippen LogP contribution is -2.22. The second-order valence-corrected chi connectivity index (χ2v) is 9.28. The van der Waals surface area contributed by atoms with Crippen molar-refractivity contribution >= 4 is 30.6 Å². The summed E-state index contributed by atoms with van der Waals surface area (Å²) in [4.78, 5) is 2.38. The van der Waals surface area contributed by atoms with E-state index in [1.54, 1.807) is 7.11 Å². The Balaban J connectivity index is 1.72. The monoisotopic (exact) mass is 455 g/mol. The van der Waals surface area contributed by atoms with Crippen molar-refractivity contribution in [3.63, 3.8) is 0 Å². The van der Waals surface area contributed by atoms with Crippen molar-refractivity contribution < 1.29 is 9.47 Å². The molecule has 33 heavy (non-hydrogen) atoms. The minimum Gasteiger partial charge on any atom is -0.467 e. The summed E-state index contributed by atoms with van der Waals surface area (Å²) in [7, 11) is 2.14. The minimum atomic E-state index is 0.249. The number of nitrogens with zero attached hydrogens (tertiary/aromatic N) is 1. The van der Waals surface area contributed by atoms with Crippen LogP contribution in [0, 0.1) is 13.8 Å². The first-order chi connectivity index (χ1) is 16.2. The molecule has 1 unspecified atom stereocenters. The SMILES string of the molecule is COCOc1c(C)cccc1Pc1c(C)cccc1CN(c1ccccc1)c1ccccc1. The number of rotatable bonds is 9. The summed E-state index contributed by atoms with van der Waals surface area (Å²) < 4.78 is 11.1. The summed E-state index contributed by atoms with van der Waals surface area (Å²) in [5.74, 6) is 0.926. The zero-order chi connectivity index (χ0) is 23.0. The van der Waals surface area contributed by atoms with Gasteiger partial charge in [0.2, 0.25) is 0 Å². The summed E-state index contributed by atoms with van der Waals surface area (Å²) >= 11 is 0. The van der Waals surface area contributed by atoms with Crippen molar-refractivity contribution in [2.75, 3.05) is 18.8 Å². The van der Waals surface area contributed by atoms with Gasteiger partial charge in [0.05, 0.1) is 0 Å². The average molecular weight is 456 g/mol. The van der Waals surface area contributed by atoms with E-state index < -0.39 is 0 Å². The van der Waals surface area contributed by atoms with Crippen LogP contribution in [0.5, 0.6) is 5.75 Å². The number of anilines is 2. The molecule has 0 amide bonds. The first-order valence-corrected chi connectivity index (χ1v) is 12.1. The minimum absolute atomic E-state index is 0.249. The number of methoxy groups -OCH3 is 1. The Morgan fingerprint density at radius 2 is 1.30 bits per heavy atom. The molecule has 0 spiro atoms. The topological polar surface area (TPSA) is 21.7 Å². The second-order valence-electron chi connectivity index (χ2n) is 7.99. The Bertz CT molecular complexity index is 1140. The molecule has 0 aliphatic rings. The smallest absolute Gasteiger partial charge is 0.188 e. The van der Waals surface area contributed by atoms with Gasteiger partial charge in [-0.15, -0.1) is 0 Å². The van der Waals surface area contributed by atoms with E-state index in [1.165, 1.54) is 33.1 Å². The molecule has 0 radical (unpaired) electrons. The molecule has 0 N–H and O–H groups in total. The lowest BCUT2D eigenvalue weighted by molar-refractivity contribution is 0.0514. The average Bonchev–Trinajstić information content (AvgIpc) is 2.85. The van der Waals surface area contributed by atoms with Crippen LogP contribution in [-0.2, 0) is 11.3 Å². The number of hydrogen-bond donors (Lipinski definition) is 0. The first kappa shape index (κ1) is 23.0. The van der Waals surface area contributed by atoms with Gasteiger partial charge in [-0.3, -0.25) is 0 Å². The Kier molecular flexibility index (Phi) is 7.78. The van der Waals surface area contributed by atoms with E-state index >= 15 is 0 Å². The van der Waals surface area contributed by atoms with Crippen LogP contribution in [0.3, 0.4) is 0 Å². The van der Waals surface area contributed by atoms with E-state index in [0.717, 1.165) is 17.9 Å². The molecule has 0 fully saturated rings. The van der Waals surface area contributed by atoms with Crippen LogP contribution in [0.1, 0.15) is 16.7 Å². The van der Waals surface area contributed by atoms with Crippen LogP contribution in [0.4, 0.5) is 11.4 Å². The quantitative estimate of drug-likeness (QED) is 0.220. The molecule has 0 aromatic heterocycles. The van der Waals surface area contributed by atoms with Crippen molar-refractivity contribution in [2.24, 2.45) is 0 Å². The van der Waals surface area contributed by atoms with Crippen molar-refractivity contribution in [2.45, 2.75) is 20.4 Å². The van der Waals surface area contributed by atoms with E-state index in [1.807, 2.05) is 0 Å². The second kappa shape index (κ2) is 11.1. The van der Waals surface area contributed by atoms with Gasteiger partial charge in [-0.2, -0.15) is 0 Å². The van der Waals surface area contributed by atoms with E-state index in [4.69, 9.17) is 9.47 Å². The molecule has 4 aromatic carbocycles. The van der Waals surface area contributed by atoms with Gasteiger partial charge < -0.3 is 14.4 Å². The van der Waals surface area contributed by atoms with Crippen molar-refractivity contribution in [1.29, 1.82) is 0 Å². The number of para-hydroxylation sites is 3. The summed E-state index contributed by atoms with van der Waals surface area (Å²) in [6.07, 6.45) is 0. The molecule has 168 valence electrons. The molecule has 3 nitrogen and oxygen atoms in total. The Hall–Kier alpha value is -3.13. The fraction of sp³-hybridized carbons (Fsp3) is 0.172. The molecule has 0 heterocycles. The van der Waals surface area contributed by atoms with Crippen LogP contribution < -0.4 is 20.2 Å². The third-order valence-corrected chi connectivity index (χ3v) is 7.24.